The average molecular weight is 318 g/mol. The zero-order chi connectivity index (χ0) is 16.7. The van der Waals surface area contributed by atoms with Crippen LogP contribution < -0.4 is 0 Å². The van der Waals surface area contributed by atoms with Gasteiger partial charge in [0.25, 0.3) is 0 Å². The van der Waals surface area contributed by atoms with E-state index in [0.29, 0.717) is 19.3 Å². The molecule has 0 bridgehead atoms. The maximum atomic E-state index is 11.2. The molecule has 0 aromatic heterocycles. The Labute approximate surface area is 121 Å². The molecule has 14 nitrogen and oxygen atoms in total. The molecular weight excluding hydrogens is 308 g/mol. The molecule has 0 aromatic carbocycles. The highest BCUT2D eigenvalue weighted by molar-refractivity contribution is 5.88. The molecule has 2 rings (SSSR count). The van der Waals surface area contributed by atoms with E-state index in [-0.39, 0.29) is 11.4 Å². The molecule has 0 amide bonds. The summed E-state index contributed by atoms with van der Waals surface area (Å²) in [6.07, 6.45) is 1.74. The molecule has 0 aromatic rings. The Balaban J connectivity index is 2.63. The predicted octanol–water partition coefficient (Wildman–Crippen LogP) is -0.313. The van der Waals surface area contributed by atoms with Gasteiger partial charge in [-0.3, -0.25) is 30.3 Å². The van der Waals surface area contributed by atoms with Gasteiger partial charge in [0.1, 0.15) is 6.04 Å². The summed E-state index contributed by atoms with van der Waals surface area (Å²) >= 11 is 0. The summed E-state index contributed by atoms with van der Waals surface area (Å²) in [6.45, 7) is 0. The van der Waals surface area contributed by atoms with E-state index in [2.05, 4.69) is 4.99 Å². The highest BCUT2D eigenvalue weighted by atomic mass is 16.7. The van der Waals surface area contributed by atoms with Crippen molar-refractivity contribution in [1.29, 1.82) is 0 Å². The van der Waals surface area contributed by atoms with Crippen LogP contribution in [0.15, 0.2) is 4.99 Å². The Bertz CT molecular complexity index is 553. The predicted molar refractivity (Wildman–Crippen MR) is 66.0 cm³/mol. The minimum absolute atomic E-state index is 0.123. The van der Waals surface area contributed by atoms with Crippen molar-refractivity contribution >= 4 is 5.84 Å². The van der Waals surface area contributed by atoms with Crippen LogP contribution >= 0.6 is 0 Å². The van der Waals surface area contributed by atoms with Gasteiger partial charge in [-0.1, -0.05) is 17.9 Å². The molecule has 0 spiro atoms. The molecule has 22 heavy (non-hydrogen) atoms. The molecule has 0 radical (unpaired) electrons. The van der Waals surface area contributed by atoms with Crippen molar-refractivity contribution in [2.45, 2.75) is 43.6 Å². The van der Waals surface area contributed by atoms with Crippen LogP contribution in [0.5, 0.6) is 0 Å². The molecule has 1 saturated carbocycles. The highest BCUT2D eigenvalue weighted by Gasteiger charge is 2.82. The molecular formula is C8H10N6O8. The Morgan fingerprint density at radius 1 is 0.955 bits per heavy atom. The van der Waals surface area contributed by atoms with Crippen molar-refractivity contribution in [3.05, 3.63) is 40.5 Å². The molecule has 0 saturated heterocycles. The second-order valence-electron chi connectivity index (χ2n) is 4.86. The first-order valence-corrected chi connectivity index (χ1v) is 6.19. The maximum Gasteiger partial charge on any atom is 0.766 e. The van der Waals surface area contributed by atoms with Gasteiger partial charge in [-0.15, -0.1) is 0 Å². The SMILES string of the molecule is O=[N+]([O-])N1C(C([N+](=O)[O-])([N+](=O)[O-])[N+](=O)[O-])=N[C@H]2CCCC[C@H]21. The monoisotopic (exact) mass is 318 g/mol. The number of hydrogen-bond donors (Lipinski definition) is 0. The second kappa shape index (κ2) is 5.12. The number of fused-ring (bicyclic) bond motifs is 1. The summed E-state index contributed by atoms with van der Waals surface area (Å²) in [7, 11) is 0. The summed E-state index contributed by atoms with van der Waals surface area (Å²) in [4.78, 5) is 42.7. The van der Waals surface area contributed by atoms with Crippen molar-refractivity contribution < 1.29 is 19.8 Å². The molecule has 1 heterocycles. The quantitative estimate of drug-likeness (QED) is 0.371. The first-order chi connectivity index (χ1) is 10.2. The number of nitro groups is 4. The molecule has 1 fully saturated rings. The van der Waals surface area contributed by atoms with Gasteiger partial charge in [0.2, 0.25) is 0 Å². The number of nitrogens with zero attached hydrogens (tertiary/aromatic N) is 6. The van der Waals surface area contributed by atoms with Gasteiger partial charge in [0.15, 0.2) is 19.8 Å². The summed E-state index contributed by atoms with van der Waals surface area (Å²) in [5.74, 6) is -5.43. The van der Waals surface area contributed by atoms with Crippen molar-refractivity contribution in [3.63, 3.8) is 0 Å². The van der Waals surface area contributed by atoms with E-state index in [9.17, 15) is 40.5 Å². The molecule has 2 atom stereocenters. The van der Waals surface area contributed by atoms with Crippen molar-refractivity contribution in [1.82, 2.24) is 5.01 Å². The molecule has 2 aliphatic rings. The van der Waals surface area contributed by atoms with Gasteiger partial charge in [0, 0.05) is 0 Å². The first-order valence-electron chi connectivity index (χ1n) is 6.19. The molecule has 14 heteroatoms. The third kappa shape index (κ3) is 1.91. The standard InChI is InChI=1S/C8H10N6O8/c15-11(16)8(12(17)18,13(19)20)7-9-5-3-1-2-4-6(5)10(7)14(21)22/h5-6H,1-4H2/t5-,6+/m0/s1. The number of hydrazine groups is 1. The molecule has 1 aliphatic carbocycles. The third-order valence-corrected chi connectivity index (χ3v) is 3.75. The minimum atomic E-state index is -4.08. The zero-order valence-corrected chi connectivity index (χ0v) is 10.9. The number of rotatable bonds is 5. The Kier molecular flexibility index (Phi) is 3.60. The highest BCUT2D eigenvalue weighted by Crippen LogP contribution is 2.34. The lowest BCUT2D eigenvalue weighted by Gasteiger charge is -2.24. The van der Waals surface area contributed by atoms with Gasteiger partial charge >= 0.3 is 11.6 Å². The lowest BCUT2D eigenvalue weighted by molar-refractivity contribution is -0.948. The maximum absolute atomic E-state index is 11.2. The lowest BCUT2D eigenvalue weighted by Crippen LogP contribution is -2.65. The smallest absolute Gasteiger partial charge is 0.252 e. The fraction of sp³-hybridized carbons (Fsp3) is 0.875. The first kappa shape index (κ1) is 15.5. The van der Waals surface area contributed by atoms with Crippen LogP contribution in [0.25, 0.3) is 0 Å². The van der Waals surface area contributed by atoms with Gasteiger partial charge in [-0.25, -0.2) is 15.1 Å². The second-order valence-corrected chi connectivity index (χ2v) is 4.86. The van der Waals surface area contributed by atoms with Crippen molar-refractivity contribution in [2.24, 2.45) is 4.99 Å². The summed E-state index contributed by atoms with van der Waals surface area (Å²) < 4.78 is 0. The largest absolute Gasteiger partial charge is 0.766 e. The molecule has 0 N–H and O–H groups in total. The molecule has 0 unspecified atom stereocenters. The van der Waals surface area contributed by atoms with E-state index in [4.69, 9.17) is 0 Å². The normalized spacial score (nSPS) is 24.4. The fourth-order valence-electron chi connectivity index (χ4n) is 2.78. The lowest BCUT2D eigenvalue weighted by atomic mass is 9.91. The van der Waals surface area contributed by atoms with Crippen LogP contribution in [0.4, 0.5) is 0 Å². The third-order valence-electron chi connectivity index (χ3n) is 3.75. The van der Waals surface area contributed by atoms with E-state index < -0.39 is 43.5 Å². The fourth-order valence-corrected chi connectivity index (χ4v) is 2.78. The van der Waals surface area contributed by atoms with Gasteiger partial charge in [0.05, 0.1) is 6.04 Å². The number of hydrogen-bond acceptors (Lipinski definition) is 9. The minimum Gasteiger partial charge on any atom is -0.252 e. The van der Waals surface area contributed by atoms with Crippen LogP contribution in [0.3, 0.4) is 0 Å². The van der Waals surface area contributed by atoms with E-state index in [1.807, 2.05) is 0 Å². The van der Waals surface area contributed by atoms with Crippen molar-refractivity contribution in [3.8, 4) is 0 Å². The van der Waals surface area contributed by atoms with Crippen LogP contribution in [0.1, 0.15) is 25.7 Å². The van der Waals surface area contributed by atoms with Crippen LogP contribution in [-0.2, 0) is 0 Å². The van der Waals surface area contributed by atoms with E-state index in [1.165, 1.54) is 0 Å². The Morgan fingerprint density at radius 3 is 1.91 bits per heavy atom. The van der Waals surface area contributed by atoms with Gasteiger partial charge in [-0.05, 0) is 12.8 Å². The van der Waals surface area contributed by atoms with E-state index in [0.717, 1.165) is 0 Å². The summed E-state index contributed by atoms with van der Waals surface area (Å²) in [6, 6.07) is -1.74. The van der Waals surface area contributed by atoms with E-state index in [1.54, 1.807) is 0 Å². The molecule has 120 valence electrons. The summed E-state index contributed by atoms with van der Waals surface area (Å²) in [5, 5.41) is 43.3. The topological polar surface area (TPSA) is 188 Å². The Hall–Kier alpha value is -2.93. The van der Waals surface area contributed by atoms with Gasteiger partial charge < -0.3 is 0 Å². The van der Waals surface area contributed by atoms with Gasteiger partial charge in [-0.2, -0.15) is 0 Å². The number of aliphatic imine (C=N–C) groups is 1. The van der Waals surface area contributed by atoms with Crippen LogP contribution in [0, 0.1) is 40.5 Å². The average Bonchev–Trinajstić information content (AvgIpc) is 2.77. The van der Waals surface area contributed by atoms with Crippen molar-refractivity contribution in [2.75, 3.05) is 0 Å². The summed E-state index contributed by atoms with van der Waals surface area (Å²) in [5.41, 5.74) is 0. The molecule has 1 aliphatic heterocycles. The van der Waals surface area contributed by atoms with Crippen LogP contribution in [-0.4, -0.2) is 48.5 Å². The Morgan fingerprint density at radius 2 is 1.45 bits per heavy atom. The van der Waals surface area contributed by atoms with E-state index >= 15 is 0 Å². The zero-order valence-electron chi connectivity index (χ0n) is 10.9. The number of amidine groups is 1. The van der Waals surface area contributed by atoms with Crippen LogP contribution in [0.2, 0.25) is 0 Å².